The van der Waals surface area contributed by atoms with E-state index in [2.05, 4.69) is 79.9 Å². The smallest absolute Gasteiger partial charge is 0.220 e. The molecule has 0 fully saturated rings. The molecule has 0 rings (SSSR count). The molecule has 0 aliphatic heterocycles. The van der Waals surface area contributed by atoms with Gasteiger partial charge in [0.2, 0.25) is 5.91 Å². The average molecular weight is 654 g/mol. The Hall–Kier alpha value is -2.17. The molecule has 0 spiro atoms. The summed E-state index contributed by atoms with van der Waals surface area (Å²) in [6.07, 6.45) is 54.2. The highest BCUT2D eigenvalue weighted by Gasteiger charge is 2.17. The molecule has 0 bridgehead atoms. The van der Waals surface area contributed by atoms with Crippen LogP contribution < -0.4 is 5.32 Å². The normalized spacial score (nSPS) is 13.9. The van der Waals surface area contributed by atoms with Crippen LogP contribution in [0, 0.1) is 0 Å². The zero-order chi connectivity index (χ0) is 34.3. The van der Waals surface area contributed by atoms with Gasteiger partial charge in [-0.1, -0.05) is 170 Å². The molecule has 0 aliphatic rings. The van der Waals surface area contributed by atoms with Crippen LogP contribution in [-0.2, 0) is 4.79 Å². The largest absolute Gasteiger partial charge is 0.394 e. The molecule has 0 aromatic heterocycles. The van der Waals surface area contributed by atoms with Crippen molar-refractivity contribution < 1.29 is 15.0 Å². The zero-order valence-corrected chi connectivity index (χ0v) is 30.8. The van der Waals surface area contributed by atoms with Crippen molar-refractivity contribution in [2.75, 3.05) is 6.61 Å². The number of carbonyl (C=O) groups excluding carboxylic acids is 1. The number of aliphatic hydroxyl groups is 2. The maximum absolute atomic E-state index is 12.3. The third-order valence-corrected chi connectivity index (χ3v) is 8.42. The minimum Gasteiger partial charge on any atom is -0.394 e. The Bertz CT molecular complexity index is 838. The van der Waals surface area contributed by atoms with Gasteiger partial charge in [-0.2, -0.15) is 0 Å². The van der Waals surface area contributed by atoms with Gasteiger partial charge in [0.25, 0.3) is 0 Å². The highest BCUT2D eigenvalue weighted by Crippen LogP contribution is 2.12. The van der Waals surface area contributed by atoms with E-state index in [-0.39, 0.29) is 12.5 Å². The monoisotopic (exact) mass is 654 g/mol. The van der Waals surface area contributed by atoms with Crippen molar-refractivity contribution in [1.29, 1.82) is 0 Å². The Morgan fingerprint density at radius 3 is 1.49 bits per heavy atom. The van der Waals surface area contributed by atoms with Gasteiger partial charge < -0.3 is 15.5 Å². The van der Waals surface area contributed by atoms with Crippen molar-refractivity contribution in [2.45, 2.75) is 187 Å². The summed E-state index contributed by atoms with van der Waals surface area (Å²) in [6, 6.07) is -0.645. The lowest BCUT2D eigenvalue weighted by Gasteiger charge is -2.19. The van der Waals surface area contributed by atoms with Crippen LogP contribution in [0.4, 0.5) is 0 Å². The molecular weight excluding hydrogens is 578 g/mol. The van der Waals surface area contributed by atoms with Crippen LogP contribution in [0.25, 0.3) is 0 Å². The standard InChI is InChI=1S/C43H75NO3/c1-3-5-7-9-11-13-15-17-19-20-21-22-23-24-25-27-29-31-33-35-37-39-43(47)44-41(40-45)42(46)38-36-34-32-30-28-26-18-16-14-12-10-8-6-4-2/h5,7,11,13,17,19,21-22,28,30,36,38,41-42,45-46H,3-4,6,8-10,12,14-16,18,20,23-27,29,31-35,37,39-40H2,1-2H3,(H,44,47)/b7-5-,13-11-,19-17-,22-21-,30-28+,38-36+. The summed E-state index contributed by atoms with van der Waals surface area (Å²) in [5, 5.41) is 22.9. The fourth-order valence-corrected chi connectivity index (χ4v) is 5.42. The van der Waals surface area contributed by atoms with Gasteiger partial charge in [0.1, 0.15) is 0 Å². The second-order valence-electron chi connectivity index (χ2n) is 13.0. The number of allylic oxidation sites excluding steroid dienone is 11. The quantitative estimate of drug-likeness (QED) is 0.0478. The van der Waals surface area contributed by atoms with Gasteiger partial charge in [-0.15, -0.1) is 0 Å². The van der Waals surface area contributed by atoms with Crippen molar-refractivity contribution in [3.63, 3.8) is 0 Å². The van der Waals surface area contributed by atoms with E-state index < -0.39 is 12.1 Å². The first-order valence-corrected chi connectivity index (χ1v) is 19.7. The average Bonchev–Trinajstić information content (AvgIpc) is 3.07. The number of hydrogen-bond acceptors (Lipinski definition) is 3. The lowest BCUT2D eigenvalue weighted by atomic mass is 10.1. The number of amides is 1. The van der Waals surface area contributed by atoms with Crippen LogP contribution in [0.3, 0.4) is 0 Å². The maximum atomic E-state index is 12.3. The Balaban J connectivity index is 3.68. The highest BCUT2D eigenvalue weighted by molar-refractivity contribution is 5.76. The summed E-state index contributed by atoms with van der Waals surface area (Å²) in [7, 11) is 0. The van der Waals surface area contributed by atoms with E-state index in [4.69, 9.17) is 0 Å². The van der Waals surface area contributed by atoms with Crippen molar-refractivity contribution >= 4 is 5.91 Å². The van der Waals surface area contributed by atoms with Crippen LogP contribution in [-0.4, -0.2) is 34.9 Å². The van der Waals surface area contributed by atoms with Gasteiger partial charge in [0, 0.05) is 6.42 Å². The van der Waals surface area contributed by atoms with Crippen LogP contribution in [0.5, 0.6) is 0 Å². The molecule has 4 nitrogen and oxygen atoms in total. The van der Waals surface area contributed by atoms with E-state index in [0.717, 1.165) is 64.2 Å². The van der Waals surface area contributed by atoms with Gasteiger partial charge in [-0.3, -0.25) is 4.79 Å². The molecule has 4 heteroatoms. The summed E-state index contributed by atoms with van der Waals surface area (Å²) in [5.41, 5.74) is 0. The molecule has 2 unspecified atom stereocenters. The lowest BCUT2D eigenvalue weighted by molar-refractivity contribution is -0.123. The number of hydrogen-bond donors (Lipinski definition) is 3. The molecule has 0 saturated heterocycles. The fraction of sp³-hybridized carbons (Fsp3) is 0.698. The van der Waals surface area contributed by atoms with Gasteiger partial charge >= 0.3 is 0 Å². The second kappa shape index (κ2) is 38.3. The van der Waals surface area contributed by atoms with E-state index in [0.29, 0.717) is 6.42 Å². The molecule has 270 valence electrons. The Kier molecular flexibility index (Phi) is 36.5. The molecule has 47 heavy (non-hydrogen) atoms. The molecule has 0 heterocycles. The van der Waals surface area contributed by atoms with E-state index in [1.165, 1.54) is 89.9 Å². The predicted octanol–water partition coefficient (Wildman–Crippen LogP) is 12.0. The van der Waals surface area contributed by atoms with E-state index >= 15 is 0 Å². The number of nitrogens with one attached hydrogen (secondary N) is 1. The minimum atomic E-state index is -0.867. The Morgan fingerprint density at radius 2 is 0.957 bits per heavy atom. The fourth-order valence-electron chi connectivity index (χ4n) is 5.42. The first-order chi connectivity index (χ1) is 23.2. The Labute approximate surface area is 291 Å². The van der Waals surface area contributed by atoms with E-state index in [9.17, 15) is 15.0 Å². The predicted molar refractivity (Wildman–Crippen MR) is 207 cm³/mol. The van der Waals surface area contributed by atoms with Crippen LogP contribution in [0.1, 0.15) is 174 Å². The molecule has 0 aromatic rings. The Morgan fingerprint density at radius 1 is 0.532 bits per heavy atom. The molecule has 0 radical (unpaired) electrons. The van der Waals surface area contributed by atoms with Crippen molar-refractivity contribution in [1.82, 2.24) is 5.32 Å². The van der Waals surface area contributed by atoms with Crippen LogP contribution in [0.2, 0.25) is 0 Å². The topological polar surface area (TPSA) is 69.6 Å². The van der Waals surface area contributed by atoms with Crippen molar-refractivity contribution in [3.05, 3.63) is 72.9 Å². The van der Waals surface area contributed by atoms with Gasteiger partial charge in [0.05, 0.1) is 18.8 Å². The third-order valence-electron chi connectivity index (χ3n) is 8.42. The zero-order valence-electron chi connectivity index (χ0n) is 30.8. The lowest BCUT2D eigenvalue weighted by Crippen LogP contribution is -2.45. The van der Waals surface area contributed by atoms with Crippen LogP contribution in [0.15, 0.2) is 72.9 Å². The van der Waals surface area contributed by atoms with Crippen molar-refractivity contribution in [3.8, 4) is 0 Å². The summed E-state index contributed by atoms with van der Waals surface area (Å²) < 4.78 is 0. The second-order valence-corrected chi connectivity index (χ2v) is 13.0. The summed E-state index contributed by atoms with van der Waals surface area (Å²) in [4.78, 5) is 12.3. The first kappa shape index (κ1) is 44.8. The molecule has 3 N–H and O–H groups in total. The maximum Gasteiger partial charge on any atom is 0.220 e. The summed E-state index contributed by atoms with van der Waals surface area (Å²) in [6.45, 7) is 4.16. The number of unbranched alkanes of at least 4 members (excludes halogenated alkanes) is 17. The number of aliphatic hydroxyl groups excluding tert-OH is 2. The summed E-state index contributed by atoms with van der Waals surface area (Å²) in [5.74, 6) is -0.0868. The van der Waals surface area contributed by atoms with Gasteiger partial charge in [-0.05, 0) is 70.6 Å². The molecule has 0 aromatic carbocycles. The van der Waals surface area contributed by atoms with E-state index in [1.54, 1.807) is 6.08 Å². The number of rotatable bonds is 34. The third kappa shape index (κ3) is 35.0. The van der Waals surface area contributed by atoms with Crippen LogP contribution >= 0.6 is 0 Å². The van der Waals surface area contributed by atoms with Crippen molar-refractivity contribution in [2.24, 2.45) is 0 Å². The minimum absolute atomic E-state index is 0.0868. The molecule has 2 atom stereocenters. The SMILES string of the molecule is CC/C=C\C/C=C\C/C=C\C/C=C\CCCCCCCCCCC(=O)NC(CO)C(O)/C=C/CC/C=C/CCCCCCCCCC. The molecule has 0 aliphatic carbocycles. The number of carbonyl (C=O) groups is 1. The molecule has 0 saturated carbocycles. The molecular formula is C43H75NO3. The van der Waals surface area contributed by atoms with Gasteiger partial charge in [-0.25, -0.2) is 0 Å². The summed E-state index contributed by atoms with van der Waals surface area (Å²) >= 11 is 0. The first-order valence-electron chi connectivity index (χ1n) is 19.7. The van der Waals surface area contributed by atoms with Gasteiger partial charge in [0.15, 0.2) is 0 Å². The molecule has 1 amide bonds. The highest BCUT2D eigenvalue weighted by atomic mass is 16.3. The van der Waals surface area contributed by atoms with E-state index in [1.807, 2.05) is 6.08 Å².